The summed E-state index contributed by atoms with van der Waals surface area (Å²) in [4.78, 5) is 17.5. The molecule has 0 fully saturated rings. The lowest BCUT2D eigenvalue weighted by Gasteiger charge is -2.16. The van der Waals surface area contributed by atoms with Crippen LogP contribution in [0.5, 0.6) is 0 Å². The fourth-order valence-electron chi connectivity index (χ4n) is 1.53. The Morgan fingerprint density at radius 2 is 2.30 bits per heavy atom. The second-order valence-electron chi connectivity index (χ2n) is 4.22. The quantitative estimate of drug-likeness (QED) is 0.453. The molecular formula is C12H20FN5O2. The lowest BCUT2D eigenvalue weighted by atomic mass is 10.2. The molecule has 0 radical (unpaired) electrons. The van der Waals surface area contributed by atoms with Crippen molar-refractivity contribution in [1.82, 2.24) is 15.2 Å². The van der Waals surface area contributed by atoms with Crippen molar-refractivity contribution in [2.75, 3.05) is 45.8 Å². The smallest absolute Gasteiger partial charge is 0.254 e. The van der Waals surface area contributed by atoms with Crippen LogP contribution in [-0.2, 0) is 4.74 Å². The van der Waals surface area contributed by atoms with Gasteiger partial charge in [0.2, 0.25) is 0 Å². The van der Waals surface area contributed by atoms with Gasteiger partial charge in [-0.2, -0.15) is 0 Å². The average molecular weight is 285 g/mol. The number of pyridine rings is 1. The summed E-state index contributed by atoms with van der Waals surface area (Å²) in [6.45, 7) is 2.43. The van der Waals surface area contributed by atoms with E-state index in [0.29, 0.717) is 19.7 Å². The highest BCUT2D eigenvalue weighted by molar-refractivity contribution is 5.95. The molecule has 0 aliphatic rings. The second kappa shape index (κ2) is 8.41. The first kappa shape index (κ1) is 16.3. The highest BCUT2D eigenvalue weighted by Crippen LogP contribution is 2.13. The Morgan fingerprint density at radius 1 is 1.55 bits per heavy atom. The van der Waals surface area contributed by atoms with Gasteiger partial charge in [0.1, 0.15) is 0 Å². The molecule has 7 nitrogen and oxygen atoms in total. The number of methoxy groups -OCH3 is 1. The van der Waals surface area contributed by atoms with Gasteiger partial charge >= 0.3 is 0 Å². The number of ether oxygens (including phenoxy) is 1. The van der Waals surface area contributed by atoms with E-state index in [4.69, 9.17) is 10.6 Å². The zero-order chi connectivity index (χ0) is 15.0. The maximum Gasteiger partial charge on any atom is 0.254 e. The number of carbonyl (C=O) groups is 1. The molecule has 0 aromatic carbocycles. The number of nitrogens with two attached hydrogens (primary N) is 1. The summed E-state index contributed by atoms with van der Waals surface area (Å²) >= 11 is 0. The predicted octanol–water partition coefficient (Wildman–Crippen LogP) is -0.186. The van der Waals surface area contributed by atoms with Crippen LogP contribution in [0.3, 0.4) is 0 Å². The minimum Gasteiger partial charge on any atom is -0.383 e. The number of amides is 1. The molecule has 0 aliphatic heterocycles. The van der Waals surface area contributed by atoms with Gasteiger partial charge in [-0.3, -0.25) is 4.79 Å². The Hall–Kier alpha value is -1.77. The van der Waals surface area contributed by atoms with E-state index < -0.39 is 11.7 Å². The van der Waals surface area contributed by atoms with Gasteiger partial charge in [0.05, 0.1) is 12.2 Å². The van der Waals surface area contributed by atoms with Gasteiger partial charge in [-0.05, 0) is 13.1 Å². The van der Waals surface area contributed by atoms with E-state index in [2.05, 4.69) is 15.7 Å². The third-order valence-electron chi connectivity index (χ3n) is 2.73. The Labute approximate surface area is 117 Å². The summed E-state index contributed by atoms with van der Waals surface area (Å²) in [5.74, 6) is 3.68. The van der Waals surface area contributed by atoms with Crippen molar-refractivity contribution in [2.45, 2.75) is 0 Å². The molecule has 112 valence electrons. The van der Waals surface area contributed by atoms with Crippen LogP contribution in [0, 0.1) is 5.82 Å². The van der Waals surface area contributed by atoms with E-state index in [1.807, 2.05) is 11.9 Å². The number of halogens is 1. The topological polar surface area (TPSA) is 92.5 Å². The first-order valence-electron chi connectivity index (χ1n) is 6.17. The molecule has 0 atom stereocenters. The number of hydrazine groups is 1. The van der Waals surface area contributed by atoms with Gasteiger partial charge in [-0.1, -0.05) is 0 Å². The van der Waals surface area contributed by atoms with Gasteiger partial charge in [-0.25, -0.2) is 15.2 Å². The molecular weight excluding hydrogens is 265 g/mol. The summed E-state index contributed by atoms with van der Waals surface area (Å²) in [5.41, 5.74) is 2.01. The van der Waals surface area contributed by atoms with Crippen molar-refractivity contribution in [3.8, 4) is 0 Å². The lowest BCUT2D eigenvalue weighted by Crippen LogP contribution is -2.34. The maximum absolute atomic E-state index is 13.8. The number of nitrogen functional groups attached to an aromatic ring is 1. The Morgan fingerprint density at radius 3 is 2.95 bits per heavy atom. The first-order chi connectivity index (χ1) is 9.60. The van der Waals surface area contributed by atoms with Crippen molar-refractivity contribution < 1.29 is 13.9 Å². The molecule has 1 aromatic heterocycles. The van der Waals surface area contributed by atoms with Gasteiger partial charge in [-0.15, -0.1) is 0 Å². The number of aromatic nitrogens is 1. The molecule has 0 spiro atoms. The van der Waals surface area contributed by atoms with Gasteiger partial charge in [0, 0.05) is 32.9 Å². The molecule has 0 bridgehead atoms. The van der Waals surface area contributed by atoms with Crippen molar-refractivity contribution in [2.24, 2.45) is 5.84 Å². The first-order valence-corrected chi connectivity index (χ1v) is 6.17. The van der Waals surface area contributed by atoms with Gasteiger partial charge < -0.3 is 20.4 Å². The van der Waals surface area contributed by atoms with Crippen LogP contribution in [0.2, 0.25) is 0 Å². The van der Waals surface area contributed by atoms with Crippen LogP contribution in [-0.4, -0.2) is 56.2 Å². The molecule has 1 heterocycles. The Bertz CT molecular complexity index is 444. The normalized spacial score (nSPS) is 10.7. The lowest BCUT2D eigenvalue weighted by molar-refractivity contribution is 0.0943. The van der Waals surface area contributed by atoms with Gasteiger partial charge in [0.25, 0.3) is 5.91 Å². The fourth-order valence-corrected chi connectivity index (χ4v) is 1.53. The number of nitrogens with one attached hydrogen (secondary N) is 2. The van der Waals surface area contributed by atoms with Crippen LogP contribution >= 0.6 is 0 Å². The van der Waals surface area contributed by atoms with E-state index >= 15 is 0 Å². The number of hydrogen-bond donors (Lipinski definition) is 3. The van der Waals surface area contributed by atoms with Crippen molar-refractivity contribution >= 4 is 11.7 Å². The van der Waals surface area contributed by atoms with Crippen LogP contribution < -0.4 is 16.6 Å². The molecule has 20 heavy (non-hydrogen) atoms. The molecule has 0 aliphatic carbocycles. The van der Waals surface area contributed by atoms with Gasteiger partial charge in [0.15, 0.2) is 11.6 Å². The number of rotatable bonds is 8. The molecule has 1 amide bonds. The van der Waals surface area contributed by atoms with E-state index in [1.54, 1.807) is 7.11 Å². The van der Waals surface area contributed by atoms with E-state index in [-0.39, 0.29) is 11.4 Å². The summed E-state index contributed by atoms with van der Waals surface area (Å²) in [5, 5.41) is 2.64. The zero-order valence-electron chi connectivity index (χ0n) is 11.6. The number of nitrogens with zero attached hydrogens (tertiary/aromatic N) is 2. The molecule has 0 unspecified atom stereocenters. The SMILES string of the molecule is COCCN(C)CCNC(=O)c1ccnc(NN)c1F. The molecule has 8 heteroatoms. The summed E-state index contributed by atoms with van der Waals surface area (Å²) < 4.78 is 18.7. The van der Waals surface area contributed by atoms with Crippen LogP contribution in [0.15, 0.2) is 12.3 Å². The summed E-state index contributed by atoms with van der Waals surface area (Å²) in [6.07, 6.45) is 1.32. The highest BCUT2D eigenvalue weighted by Gasteiger charge is 2.15. The number of hydrogen-bond acceptors (Lipinski definition) is 6. The fraction of sp³-hybridized carbons (Fsp3) is 0.500. The summed E-state index contributed by atoms with van der Waals surface area (Å²) in [6, 6.07) is 1.31. The standard InChI is InChI=1S/C12H20FN5O2/c1-18(7-8-20-2)6-5-16-12(19)9-3-4-15-11(17-14)10(9)13/h3-4H,5-8,14H2,1-2H3,(H,15,17)(H,16,19). The third kappa shape index (κ3) is 4.72. The minimum absolute atomic E-state index is 0.0903. The monoisotopic (exact) mass is 285 g/mol. The summed E-state index contributed by atoms with van der Waals surface area (Å²) in [7, 11) is 3.54. The Balaban J connectivity index is 2.47. The van der Waals surface area contributed by atoms with E-state index in [9.17, 15) is 9.18 Å². The van der Waals surface area contributed by atoms with Crippen LogP contribution in [0.25, 0.3) is 0 Å². The van der Waals surface area contributed by atoms with Crippen molar-refractivity contribution in [3.63, 3.8) is 0 Å². The third-order valence-corrected chi connectivity index (χ3v) is 2.73. The Kier molecular flexibility index (Phi) is 6.85. The van der Waals surface area contributed by atoms with Crippen molar-refractivity contribution in [1.29, 1.82) is 0 Å². The number of carbonyl (C=O) groups excluding carboxylic acids is 1. The molecule has 0 saturated heterocycles. The molecule has 1 rings (SSSR count). The molecule has 1 aromatic rings. The number of likely N-dealkylation sites (N-methyl/N-ethyl adjacent to an activating group) is 1. The van der Waals surface area contributed by atoms with E-state index in [1.165, 1.54) is 12.3 Å². The van der Waals surface area contributed by atoms with Crippen LogP contribution in [0.4, 0.5) is 10.2 Å². The zero-order valence-corrected chi connectivity index (χ0v) is 11.6. The van der Waals surface area contributed by atoms with Crippen LogP contribution in [0.1, 0.15) is 10.4 Å². The predicted molar refractivity (Wildman–Crippen MR) is 73.7 cm³/mol. The largest absolute Gasteiger partial charge is 0.383 e. The highest BCUT2D eigenvalue weighted by atomic mass is 19.1. The molecule has 4 N–H and O–H groups in total. The van der Waals surface area contributed by atoms with E-state index in [0.717, 1.165) is 6.54 Å². The minimum atomic E-state index is -0.764. The van der Waals surface area contributed by atoms with Crippen molar-refractivity contribution in [3.05, 3.63) is 23.6 Å². The average Bonchev–Trinajstić information content (AvgIpc) is 2.45. The second-order valence-corrected chi connectivity index (χ2v) is 4.22. The number of anilines is 1. The molecule has 0 saturated carbocycles. The maximum atomic E-state index is 13.8.